The number of halogens is 13. The number of hydrogen-bond donors (Lipinski definition) is 3. The molecule has 4 aliphatic carbocycles. The van der Waals surface area contributed by atoms with Crippen molar-refractivity contribution in [3.63, 3.8) is 0 Å². The van der Waals surface area contributed by atoms with Crippen molar-refractivity contribution < 1.29 is 77.2 Å². The fourth-order valence-electron chi connectivity index (χ4n) is 8.22. The first-order valence-electron chi connectivity index (χ1n) is 16.4. The largest absolute Gasteiger partial charge is 0.460 e. The van der Waals surface area contributed by atoms with E-state index in [0.717, 1.165) is 37.3 Å². The van der Waals surface area contributed by atoms with Gasteiger partial charge in [0.1, 0.15) is 0 Å². The Hall–Kier alpha value is -2.40. The van der Waals surface area contributed by atoms with Gasteiger partial charge in [-0.05, 0) is 85.7 Å². The van der Waals surface area contributed by atoms with Crippen LogP contribution in [0.15, 0.2) is 47.6 Å². The van der Waals surface area contributed by atoms with Crippen molar-refractivity contribution >= 4 is 5.78 Å². The summed E-state index contributed by atoms with van der Waals surface area (Å²) in [7, 11) is 0. The number of aliphatic hydroxyl groups is 3. The summed E-state index contributed by atoms with van der Waals surface area (Å²) in [6.07, 6.45) is -3.10. The number of alkyl halides is 13. The highest BCUT2D eigenvalue weighted by Gasteiger charge is 2.92. The quantitative estimate of drug-likeness (QED) is 0.146. The summed E-state index contributed by atoms with van der Waals surface area (Å²) in [5.74, 6) is -42.5. The zero-order valence-electron chi connectivity index (χ0n) is 27.5. The molecule has 290 valence electrons. The van der Waals surface area contributed by atoms with Crippen LogP contribution in [0.4, 0.5) is 57.1 Å². The SMILES string of the molecule is C=C1/C(=C\C=C2/CCC[C@]3(C)[C@@H]([C@H](C)/C=C/[C@H](O)C4(C(=O)C(F)(F)C(F)(F)C(F)(F)C(F)(F)C(F)(F)C(F)(F)F)CC4)CC[C@@H]23)C[C@@H](O)C[C@@H]1O. The van der Waals surface area contributed by atoms with Gasteiger partial charge in [-0.25, -0.2) is 0 Å². The molecule has 0 aliphatic heterocycles. The van der Waals surface area contributed by atoms with E-state index in [0.29, 0.717) is 24.0 Å². The molecular formula is C34H39F13O4. The van der Waals surface area contributed by atoms with Crippen LogP contribution in [0.25, 0.3) is 0 Å². The van der Waals surface area contributed by atoms with Gasteiger partial charge in [-0.2, -0.15) is 57.1 Å². The van der Waals surface area contributed by atoms with E-state index in [2.05, 4.69) is 6.58 Å². The van der Waals surface area contributed by atoms with E-state index < -0.39 is 84.1 Å². The molecule has 4 rings (SSSR count). The number of hydrogen-bond acceptors (Lipinski definition) is 4. The first kappa shape index (κ1) is 41.4. The number of Topliss-reactive ketones (excluding diaryl/α,β-unsaturated/α-hetero) is 1. The molecule has 0 bridgehead atoms. The molecule has 0 aromatic rings. The van der Waals surface area contributed by atoms with E-state index >= 15 is 0 Å². The second kappa shape index (κ2) is 13.2. The lowest BCUT2D eigenvalue weighted by atomic mass is 9.61. The average Bonchev–Trinajstić information content (AvgIpc) is 3.75. The minimum atomic E-state index is -8.12. The summed E-state index contributed by atoms with van der Waals surface area (Å²) in [5, 5.41) is 30.9. The average molecular weight is 759 g/mol. The Labute approximate surface area is 285 Å². The third kappa shape index (κ3) is 6.48. The van der Waals surface area contributed by atoms with Crippen LogP contribution in [-0.4, -0.2) is 75.2 Å². The van der Waals surface area contributed by atoms with Crippen molar-refractivity contribution in [3.8, 4) is 0 Å². The van der Waals surface area contributed by atoms with Crippen molar-refractivity contribution in [1.82, 2.24) is 0 Å². The van der Waals surface area contributed by atoms with Gasteiger partial charge in [-0.15, -0.1) is 0 Å². The van der Waals surface area contributed by atoms with Gasteiger partial charge in [-0.1, -0.05) is 50.3 Å². The van der Waals surface area contributed by atoms with Crippen LogP contribution in [0.5, 0.6) is 0 Å². The van der Waals surface area contributed by atoms with Gasteiger partial charge < -0.3 is 15.3 Å². The molecule has 4 saturated carbocycles. The number of fused-ring (bicyclic) bond motifs is 1. The normalized spacial score (nSPS) is 32.4. The first-order chi connectivity index (χ1) is 23.0. The molecule has 17 heteroatoms. The van der Waals surface area contributed by atoms with Crippen molar-refractivity contribution in [1.29, 1.82) is 0 Å². The van der Waals surface area contributed by atoms with E-state index in [4.69, 9.17) is 0 Å². The van der Waals surface area contributed by atoms with Crippen LogP contribution in [0.1, 0.15) is 71.6 Å². The summed E-state index contributed by atoms with van der Waals surface area (Å²) in [4.78, 5) is 12.6. The number of ketones is 1. The zero-order valence-corrected chi connectivity index (χ0v) is 27.5. The van der Waals surface area contributed by atoms with Gasteiger partial charge >= 0.3 is 35.8 Å². The van der Waals surface area contributed by atoms with Crippen LogP contribution in [0.2, 0.25) is 0 Å². The minimum Gasteiger partial charge on any atom is -0.393 e. The van der Waals surface area contributed by atoms with Gasteiger partial charge in [-0.3, -0.25) is 4.79 Å². The fraction of sp³-hybridized carbons (Fsp3) is 0.735. The van der Waals surface area contributed by atoms with Crippen LogP contribution in [0.3, 0.4) is 0 Å². The van der Waals surface area contributed by atoms with Crippen LogP contribution >= 0.6 is 0 Å². The number of aliphatic hydroxyl groups excluding tert-OH is 3. The topological polar surface area (TPSA) is 77.8 Å². The third-order valence-electron chi connectivity index (χ3n) is 11.6. The number of carbonyl (C=O) groups is 1. The predicted molar refractivity (Wildman–Crippen MR) is 157 cm³/mol. The van der Waals surface area contributed by atoms with E-state index in [1.807, 2.05) is 19.1 Å². The Morgan fingerprint density at radius 1 is 0.843 bits per heavy atom. The second-order valence-corrected chi connectivity index (χ2v) is 14.7. The Morgan fingerprint density at radius 2 is 1.41 bits per heavy atom. The van der Waals surface area contributed by atoms with Crippen molar-refractivity contribution in [2.45, 2.75) is 126 Å². The van der Waals surface area contributed by atoms with Crippen molar-refractivity contribution in [2.75, 3.05) is 0 Å². The van der Waals surface area contributed by atoms with Crippen LogP contribution in [-0.2, 0) is 4.79 Å². The molecule has 4 fully saturated rings. The molecule has 0 aromatic heterocycles. The molecule has 3 N–H and O–H groups in total. The predicted octanol–water partition coefficient (Wildman–Crippen LogP) is 8.77. The smallest absolute Gasteiger partial charge is 0.393 e. The lowest BCUT2D eigenvalue weighted by molar-refractivity contribution is -0.436. The maximum atomic E-state index is 14.7. The fourth-order valence-corrected chi connectivity index (χ4v) is 8.22. The molecule has 4 aliphatic rings. The van der Waals surface area contributed by atoms with E-state index in [1.165, 1.54) is 6.08 Å². The lowest BCUT2D eigenvalue weighted by Crippen LogP contribution is -2.71. The molecule has 0 spiro atoms. The molecule has 0 amide bonds. The van der Waals surface area contributed by atoms with Crippen LogP contribution in [0, 0.1) is 28.6 Å². The van der Waals surface area contributed by atoms with Gasteiger partial charge in [0, 0.05) is 6.42 Å². The number of allylic oxidation sites excluding steroid dienone is 4. The van der Waals surface area contributed by atoms with E-state index in [-0.39, 0.29) is 23.7 Å². The third-order valence-corrected chi connectivity index (χ3v) is 11.6. The van der Waals surface area contributed by atoms with Crippen molar-refractivity contribution in [3.05, 3.63) is 47.6 Å². The summed E-state index contributed by atoms with van der Waals surface area (Å²) < 4.78 is 178. The molecule has 0 heterocycles. The van der Waals surface area contributed by atoms with E-state index in [9.17, 15) is 77.2 Å². The van der Waals surface area contributed by atoms with Gasteiger partial charge in [0.25, 0.3) is 0 Å². The maximum Gasteiger partial charge on any atom is 0.460 e. The zero-order chi connectivity index (χ0) is 39.0. The minimum absolute atomic E-state index is 0.0716. The second-order valence-electron chi connectivity index (χ2n) is 14.7. The maximum absolute atomic E-state index is 14.7. The van der Waals surface area contributed by atoms with Crippen molar-refractivity contribution in [2.24, 2.45) is 28.6 Å². The molecular weight excluding hydrogens is 719 g/mol. The molecule has 0 aromatic carbocycles. The first-order valence-corrected chi connectivity index (χ1v) is 16.4. The highest BCUT2D eigenvalue weighted by molar-refractivity contribution is 5.95. The lowest BCUT2D eigenvalue weighted by Gasteiger charge is -2.44. The van der Waals surface area contributed by atoms with Gasteiger partial charge in [0.05, 0.1) is 23.7 Å². The monoisotopic (exact) mass is 758 g/mol. The molecule has 4 nitrogen and oxygen atoms in total. The summed E-state index contributed by atoms with van der Waals surface area (Å²) in [5.41, 5.74) is -0.929. The highest BCUT2D eigenvalue weighted by atomic mass is 19.4. The van der Waals surface area contributed by atoms with E-state index in [1.54, 1.807) is 6.92 Å². The summed E-state index contributed by atoms with van der Waals surface area (Å²) in [6, 6.07) is 0. The molecule has 7 atom stereocenters. The Kier molecular flexibility index (Phi) is 10.7. The molecule has 0 radical (unpaired) electrons. The standard InChI is InChI=1S/C34H39F13O4/c1-17(22-9-10-23-19(5-4-12-27(22,23)3)7-8-20-15-21(48)16-24(49)18(20)2)6-11-25(50)28(13-14-28)26(51)29(35,36)30(37,38)31(39,40)32(41,42)33(43,44)34(45,46)47/h6-8,11,17,21-25,48-50H,2,4-5,9-10,12-16H2,1,3H3/b11-6+,19-7+,20-8-/t17-,21-,22-,23+,24+,25+,27-/m1/s1. The Balaban J connectivity index is 1.52. The summed E-state index contributed by atoms with van der Waals surface area (Å²) >= 11 is 0. The Morgan fingerprint density at radius 3 is 1.96 bits per heavy atom. The Bertz CT molecular complexity index is 1460. The molecule has 51 heavy (non-hydrogen) atoms. The van der Waals surface area contributed by atoms with Gasteiger partial charge in [0.15, 0.2) is 0 Å². The number of rotatable bonds is 11. The molecule has 0 saturated heterocycles. The molecule has 0 unspecified atom stereocenters. The summed E-state index contributed by atoms with van der Waals surface area (Å²) in [6.45, 7) is 7.64. The highest BCUT2D eigenvalue weighted by Crippen LogP contribution is 2.64. The van der Waals surface area contributed by atoms with Gasteiger partial charge in [0.2, 0.25) is 5.78 Å². The van der Waals surface area contributed by atoms with Crippen LogP contribution < -0.4 is 0 Å². The number of carbonyl (C=O) groups excluding carboxylic acids is 1.